The van der Waals surface area contributed by atoms with E-state index in [0.29, 0.717) is 6.04 Å². The van der Waals surface area contributed by atoms with Gasteiger partial charge in [-0.05, 0) is 58.6 Å². The Bertz CT molecular complexity index is 418. The summed E-state index contributed by atoms with van der Waals surface area (Å²) in [6.45, 7) is 5.08. The van der Waals surface area contributed by atoms with Crippen molar-refractivity contribution in [3.63, 3.8) is 0 Å². The zero-order valence-corrected chi connectivity index (χ0v) is 12.9. The normalized spacial score (nSPS) is 15.0. The maximum absolute atomic E-state index is 12.1. The maximum atomic E-state index is 12.1. The topological polar surface area (TPSA) is 24.5 Å². The first-order valence-corrected chi connectivity index (χ1v) is 6.94. The van der Waals surface area contributed by atoms with Crippen molar-refractivity contribution in [2.45, 2.75) is 38.7 Å². The van der Waals surface area contributed by atoms with Gasteiger partial charge in [0.1, 0.15) is 5.75 Å². The molecule has 0 amide bonds. The third-order valence-electron chi connectivity index (χ3n) is 3.16. The average Bonchev–Trinajstić information content (AvgIpc) is 2.35. The van der Waals surface area contributed by atoms with E-state index in [2.05, 4.69) is 21.9 Å². The smallest absolute Gasteiger partial charge is 0.406 e. The zero-order chi connectivity index (χ0) is 16.0. The van der Waals surface area contributed by atoms with E-state index in [-0.39, 0.29) is 11.8 Å². The molecule has 21 heavy (non-hydrogen) atoms. The van der Waals surface area contributed by atoms with Crippen molar-refractivity contribution in [1.29, 1.82) is 0 Å². The molecule has 6 heteroatoms. The summed E-state index contributed by atoms with van der Waals surface area (Å²) in [4.78, 5) is 2.12. The lowest BCUT2D eigenvalue weighted by molar-refractivity contribution is -0.274. The average molecular weight is 304 g/mol. The van der Waals surface area contributed by atoms with Crippen molar-refractivity contribution in [2.24, 2.45) is 0 Å². The van der Waals surface area contributed by atoms with Crippen LogP contribution in [0, 0.1) is 0 Å². The molecule has 120 valence electrons. The van der Waals surface area contributed by atoms with Crippen LogP contribution in [0.1, 0.15) is 31.9 Å². The van der Waals surface area contributed by atoms with Gasteiger partial charge in [0.05, 0.1) is 0 Å². The Labute approximate surface area is 124 Å². The highest BCUT2D eigenvalue weighted by Gasteiger charge is 2.31. The quantitative estimate of drug-likeness (QED) is 0.833. The fraction of sp³-hybridized carbons (Fsp3) is 0.600. The Hall–Kier alpha value is -1.27. The molecule has 1 N–H and O–H groups in total. The molecule has 0 aromatic heterocycles. The third-order valence-corrected chi connectivity index (χ3v) is 3.16. The molecule has 0 aliphatic carbocycles. The molecule has 0 bridgehead atoms. The molecule has 2 atom stereocenters. The van der Waals surface area contributed by atoms with Gasteiger partial charge in [0, 0.05) is 12.1 Å². The van der Waals surface area contributed by atoms with Crippen molar-refractivity contribution < 1.29 is 17.9 Å². The van der Waals surface area contributed by atoms with E-state index in [4.69, 9.17) is 0 Å². The summed E-state index contributed by atoms with van der Waals surface area (Å²) in [6.07, 6.45) is -3.64. The Balaban J connectivity index is 2.53. The lowest BCUT2D eigenvalue weighted by atomic mass is 10.1. The minimum Gasteiger partial charge on any atom is -0.406 e. The van der Waals surface area contributed by atoms with E-state index in [9.17, 15) is 13.2 Å². The molecule has 0 aliphatic heterocycles. The SMILES string of the molecule is CC(CCN(C)C)NC(C)c1ccc(OC(F)(F)F)cc1. The van der Waals surface area contributed by atoms with Gasteiger partial charge in [0.25, 0.3) is 0 Å². The zero-order valence-electron chi connectivity index (χ0n) is 12.9. The van der Waals surface area contributed by atoms with E-state index in [1.807, 2.05) is 21.0 Å². The molecule has 1 aromatic rings. The third kappa shape index (κ3) is 7.34. The molecule has 0 saturated carbocycles. The summed E-state index contributed by atoms with van der Waals surface area (Å²) in [5.41, 5.74) is 0.932. The van der Waals surface area contributed by atoms with E-state index in [0.717, 1.165) is 18.5 Å². The predicted molar refractivity (Wildman–Crippen MR) is 77.3 cm³/mol. The van der Waals surface area contributed by atoms with Crippen LogP contribution in [0.3, 0.4) is 0 Å². The first-order chi connectivity index (χ1) is 9.67. The summed E-state index contributed by atoms with van der Waals surface area (Å²) in [5.74, 6) is -0.195. The van der Waals surface area contributed by atoms with Gasteiger partial charge in [-0.1, -0.05) is 12.1 Å². The van der Waals surface area contributed by atoms with Crippen LogP contribution < -0.4 is 10.1 Å². The van der Waals surface area contributed by atoms with Gasteiger partial charge in [0.2, 0.25) is 0 Å². The second-order valence-electron chi connectivity index (χ2n) is 5.50. The number of nitrogens with zero attached hydrogens (tertiary/aromatic N) is 1. The van der Waals surface area contributed by atoms with Gasteiger partial charge in [-0.15, -0.1) is 13.2 Å². The van der Waals surface area contributed by atoms with Crippen molar-refractivity contribution in [1.82, 2.24) is 10.2 Å². The maximum Gasteiger partial charge on any atom is 0.573 e. The van der Waals surface area contributed by atoms with Crippen molar-refractivity contribution in [3.8, 4) is 5.75 Å². The minimum absolute atomic E-state index is 0.0714. The number of alkyl halides is 3. The van der Waals surface area contributed by atoms with Gasteiger partial charge in [-0.25, -0.2) is 0 Å². The lowest BCUT2D eigenvalue weighted by Crippen LogP contribution is -2.31. The fourth-order valence-electron chi connectivity index (χ4n) is 2.02. The van der Waals surface area contributed by atoms with Gasteiger partial charge in [-0.2, -0.15) is 0 Å². The first-order valence-electron chi connectivity index (χ1n) is 6.94. The first kappa shape index (κ1) is 17.8. The largest absolute Gasteiger partial charge is 0.573 e. The Kier molecular flexibility index (Phi) is 6.48. The monoisotopic (exact) mass is 304 g/mol. The molecule has 1 rings (SSSR count). The van der Waals surface area contributed by atoms with Crippen LogP contribution in [0.25, 0.3) is 0 Å². The molecule has 2 unspecified atom stereocenters. The Morgan fingerprint density at radius 2 is 1.71 bits per heavy atom. The van der Waals surface area contributed by atoms with E-state index < -0.39 is 6.36 Å². The van der Waals surface area contributed by atoms with E-state index in [1.165, 1.54) is 12.1 Å². The van der Waals surface area contributed by atoms with Gasteiger partial charge in [0.15, 0.2) is 0 Å². The number of nitrogens with one attached hydrogen (secondary N) is 1. The van der Waals surface area contributed by atoms with Crippen molar-refractivity contribution in [3.05, 3.63) is 29.8 Å². The molecular weight excluding hydrogens is 281 g/mol. The molecule has 0 aliphatic rings. The van der Waals surface area contributed by atoms with E-state index >= 15 is 0 Å². The number of ether oxygens (including phenoxy) is 1. The van der Waals surface area contributed by atoms with Crippen LogP contribution in [-0.4, -0.2) is 37.9 Å². The lowest BCUT2D eigenvalue weighted by Gasteiger charge is -2.22. The van der Waals surface area contributed by atoms with Crippen LogP contribution in [-0.2, 0) is 0 Å². The fourth-order valence-corrected chi connectivity index (χ4v) is 2.02. The number of benzene rings is 1. The summed E-state index contributed by atoms with van der Waals surface area (Å²) in [5, 5.41) is 3.43. The molecule has 0 heterocycles. The number of hydrogen-bond acceptors (Lipinski definition) is 3. The number of hydrogen-bond donors (Lipinski definition) is 1. The molecule has 0 fully saturated rings. The highest BCUT2D eigenvalue weighted by molar-refractivity contribution is 5.29. The summed E-state index contributed by atoms with van der Waals surface area (Å²) in [7, 11) is 4.05. The summed E-state index contributed by atoms with van der Waals surface area (Å²) < 4.78 is 40.1. The second-order valence-corrected chi connectivity index (χ2v) is 5.50. The Morgan fingerprint density at radius 3 is 2.19 bits per heavy atom. The second kappa shape index (κ2) is 7.66. The molecule has 0 radical (unpaired) electrons. The van der Waals surface area contributed by atoms with E-state index in [1.54, 1.807) is 12.1 Å². The summed E-state index contributed by atoms with van der Waals surface area (Å²) >= 11 is 0. The van der Waals surface area contributed by atoms with Crippen LogP contribution in [0.15, 0.2) is 24.3 Å². The van der Waals surface area contributed by atoms with Gasteiger partial charge >= 0.3 is 6.36 Å². The highest BCUT2D eigenvalue weighted by Crippen LogP contribution is 2.24. The van der Waals surface area contributed by atoms with Crippen LogP contribution in [0.5, 0.6) is 5.75 Å². The molecule has 0 spiro atoms. The number of halogens is 3. The molecule has 0 saturated heterocycles. The van der Waals surface area contributed by atoms with Crippen molar-refractivity contribution >= 4 is 0 Å². The highest BCUT2D eigenvalue weighted by atomic mass is 19.4. The van der Waals surface area contributed by atoms with Gasteiger partial charge in [-0.3, -0.25) is 0 Å². The van der Waals surface area contributed by atoms with Crippen LogP contribution in [0.2, 0.25) is 0 Å². The molecular formula is C15H23F3N2O. The predicted octanol–water partition coefficient (Wildman–Crippen LogP) is 3.58. The molecule has 3 nitrogen and oxygen atoms in total. The standard InChI is InChI=1S/C15H23F3N2O/c1-11(9-10-20(3)4)19-12(2)13-5-7-14(8-6-13)21-15(16,17)18/h5-8,11-12,19H,9-10H2,1-4H3. The molecule has 1 aromatic carbocycles. The summed E-state index contributed by atoms with van der Waals surface area (Å²) in [6, 6.07) is 6.38. The minimum atomic E-state index is -4.65. The number of rotatable bonds is 7. The van der Waals surface area contributed by atoms with Crippen molar-refractivity contribution in [2.75, 3.05) is 20.6 Å². The Morgan fingerprint density at radius 1 is 1.14 bits per heavy atom. The van der Waals surface area contributed by atoms with Gasteiger partial charge < -0.3 is 15.0 Å². The van der Waals surface area contributed by atoms with Crippen LogP contribution in [0.4, 0.5) is 13.2 Å². The van der Waals surface area contributed by atoms with Crippen LogP contribution >= 0.6 is 0 Å².